The SMILES string of the molecule is CCCCCCCCCCCCCCCCCCCCCC(O)C(COC1OC(CO)C(O)C(O)C1O)NC(=O)CCCCCCCCCCCCCCCCCC. The maximum atomic E-state index is 13.0. The lowest BCUT2D eigenvalue weighted by Crippen LogP contribution is -2.60. The first-order valence-electron chi connectivity index (χ1n) is 25.2. The number of aliphatic hydroxyl groups excluding tert-OH is 5. The van der Waals surface area contributed by atoms with E-state index in [4.69, 9.17) is 9.47 Å². The van der Waals surface area contributed by atoms with Crippen LogP contribution in [-0.2, 0) is 14.3 Å². The van der Waals surface area contributed by atoms with Gasteiger partial charge in [-0.1, -0.05) is 232 Å². The average Bonchev–Trinajstić information content (AvgIpc) is 3.22. The first-order valence-corrected chi connectivity index (χ1v) is 25.2. The molecule has 1 aliphatic rings. The molecule has 0 saturated carbocycles. The van der Waals surface area contributed by atoms with E-state index >= 15 is 0 Å². The van der Waals surface area contributed by atoms with Gasteiger partial charge in [0, 0.05) is 6.42 Å². The van der Waals surface area contributed by atoms with Crippen molar-refractivity contribution < 1.29 is 39.8 Å². The highest BCUT2D eigenvalue weighted by Gasteiger charge is 2.44. The fraction of sp³-hybridized carbons (Fsp3) is 0.980. The van der Waals surface area contributed by atoms with Gasteiger partial charge < -0.3 is 40.3 Å². The molecule has 7 unspecified atom stereocenters. The quantitative estimate of drug-likeness (QED) is 0.0333. The Bertz CT molecular complexity index is 878. The van der Waals surface area contributed by atoms with Crippen LogP contribution in [0.1, 0.15) is 251 Å². The van der Waals surface area contributed by atoms with Crippen LogP contribution in [0.4, 0.5) is 0 Å². The molecule has 0 spiro atoms. The summed E-state index contributed by atoms with van der Waals surface area (Å²) < 4.78 is 11.3. The number of aliphatic hydroxyl groups is 5. The van der Waals surface area contributed by atoms with Crippen molar-refractivity contribution in [2.45, 2.75) is 294 Å². The number of carbonyl (C=O) groups is 1. The molecular weight excluding hydrogens is 731 g/mol. The van der Waals surface area contributed by atoms with Crippen molar-refractivity contribution in [1.29, 1.82) is 0 Å². The van der Waals surface area contributed by atoms with E-state index in [0.29, 0.717) is 12.8 Å². The van der Waals surface area contributed by atoms with Gasteiger partial charge in [0.1, 0.15) is 24.4 Å². The third-order valence-corrected chi connectivity index (χ3v) is 12.5. The highest BCUT2D eigenvalue weighted by Crippen LogP contribution is 2.23. The summed E-state index contributed by atoms with van der Waals surface area (Å²) in [4.78, 5) is 13.0. The smallest absolute Gasteiger partial charge is 0.220 e. The lowest BCUT2D eigenvalue weighted by molar-refractivity contribution is -0.302. The minimum atomic E-state index is -1.55. The summed E-state index contributed by atoms with van der Waals surface area (Å²) in [7, 11) is 0. The summed E-state index contributed by atoms with van der Waals surface area (Å²) in [5, 5.41) is 54.5. The van der Waals surface area contributed by atoms with E-state index in [1.165, 1.54) is 186 Å². The molecule has 7 atom stereocenters. The molecule has 0 aromatic heterocycles. The highest BCUT2D eigenvalue weighted by molar-refractivity contribution is 5.76. The molecule has 9 heteroatoms. The Kier molecular flexibility index (Phi) is 38.3. The van der Waals surface area contributed by atoms with Gasteiger partial charge in [0.2, 0.25) is 5.91 Å². The van der Waals surface area contributed by atoms with Crippen LogP contribution in [-0.4, -0.2) is 87.5 Å². The standard InChI is InChI=1S/C49H97NO8/c1-3-5-7-9-11-13-15-17-19-21-22-23-24-26-28-30-32-34-36-38-43(52)42(41-57-49-48(56)47(55)46(54)44(40-51)58-49)50-45(53)39-37-35-33-31-29-27-25-20-18-16-14-12-10-8-6-4-2/h42-44,46-49,51-52,54-56H,3-41H2,1-2H3,(H,50,53). The predicted molar refractivity (Wildman–Crippen MR) is 240 cm³/mol. The molecular formula is C49H97NO8. The molecule has 0 aliphatic carbocycles. The molecule has 0 bridgehead atoms. The summed E-state index contributed by atoms with van der Waals surface area (Å²) in [6, 6.07) is -0.712. The van der Waals surface area contributed by atoms with Crippen LogP contribution in [0.5, 0.6) is 0 Å². The molecule has 6 N–H and O–H groups in total. The maximum absolute atomic E-state index is 13.0. The number of rotatable bonds is 43. The van der Waals surface area contributed by atoms with Crippen LogP contribution in [0.15, 0.2) is 0 Å². The maximum Gasteiger partial charge on any atom is 0.220 e. The Morgan fingerprint density at radius 3 is 1.22 bits per heavy atom. The van der Waals surface area contributed by atoms with Gasteiger partial charge in [-0.25, -0.2) is 0 Å². The molecule has 0 radical (unpaired) electrons. The summed E-state index contributed by atoms with van der Waals surface area (Å²) in [5.41, 5.74) is 0. The van der Waals surface area contributed by atoms with E-state index in [1.54, 1.807) is 0 Å². The van der Waals surface area contributed by atoms with Crippen molar-refractivity contribution >= 4 is 5.91 Å². The second kappa shape index (κ2) is 40.3. The van der Waals surface area contributed by atoms with Gasteiger partial charge in [0.05, 0.1) is 25.4 Å². The first kappa shape index (κ1) is 55.2. The van der Waals surface area contributed by atoms with E-state index in [1.807, 2.05) is 0 Å². The van der Waals surface area contributed by atoms with Gasteiger partial charge in [-0.05, 0) is 12.8 Å². The number of carbonyl (C=O) groups excluding carboxylic acids is 1. The van der Waals surface area contributed by atoms with Crippen LogP contribution >= 0.6 is 0 Å². The van der Waals surface area contributed by atoms with Gasteiger partial charge in [-0.3, -0.25) is 4.79 Å². The zero-order chi connectivity index (χ0) is 42.3. The van der Waals surface area contributed by atoms with Crippen LogP contribution in [0.2, 0.25) is 0 Å². The van der Waals surface area contributed by atoms with E-state index in [0.717, 1.165) is 38.5 Å². The Hall–Kier alpha value is -0.810. The lowest BCUT2D eigenvalue weighted by atomic mass is 9.99. The number of ether oxygens (including phenoxy) is 2. The molecule has 1 heterocycles. The third kappa shape index (κ3) is 30.3. The molecule has 346 valence electrons. The second-order valence-corrected chi connectivity index (χ2v) is 18.0. The Labute approximate surface area is 357 Å². The Morgan fingerprint density at radius 2 is 0.862 bits per heavy atom. The van der Waals surface area contributed by atoms with Crippen molar-refractivity contribution in [3.63, 3.8) is 0 Å². The minimum absolute atomic E-state index is 0.131. The van der Waals surface area contributed by atoms with E-state index < -0.39 is 49.5 Å². The molecule has 1 amide bonds. The lowest BCUT2D eigenvalue weighted by Gasteiger charge is -2.40. The molecule has 0 aromatic rings. The topological polar surface area (TPSA) is 149 Å². The molecule has 1 aliphatic heterocycles. The molecule has 1 rings (SSSR count). The monoisotopic (exact) mass is 828 g/mol. The fourth-order valence-electron chi connectivity index (χ4n) is 8.40. The van der Waals surface area contributed by atoms with Crippen LogP contribution < -0.4 is 5.32 Å². The van der Waals surface area contributed by atoms with Crippen LogP contribution in [0.3, 0.4) is 0 Å². The summed E-state index contributed by atoms with van der Waals surface area (Å²) in [5.74, 6) is -0.139. The molecule has 9 nitrogen and oxygen atoms in total. The zero-order valence-electron chi connectivity index (χ0n) is 38.1. The number of hydrogen-bond donors (Lipinski definition) is 6. The van der Waals surface area contributed by atoms with Crippen molar-refractivity contribution in [2.24, 2.45) is 0 Å². The van der Waals surface area contributed by atoms with Crippen LogP contribution in [0, 0.1) is 0 Å². The molecule has 1 fully saturated rings. The number of nitrogens with one attached hydrogen (secondary N) is 1. The Balaban J connectivity index is 2.27. The summed E-state index contributed by atoms with van der Waals surface area (Å²) in [6.45, 7) is 3.86. The molecule has 58 heavy (non-hydrogen) atoms. The normalized spacial score (nSPS) is 20.7. The number of amides is 1. The van der Waals surface area contributed by atoms with E-state index in [2.05, 4.69) is 19.2 Å². The van der Waals surface area contributed by atoms with E-state index in [9.17, 15) is 30.3 Å². The third-order valence-electron chi connectivity index (χ3n) is 12.5. The van der Waals surface area contributed by atoms with Gasteiger partial charge in [-0.15, -0.1) is 0 Å². The Morgan fingerprint density at radius 1 is 0.517 bits per heavy atom. The highest BCUT2D eigenvalue weighted by atomic mass is 16.7. The largest absolute Gasteiger partial charge is 0.394 e. The van der Waals surface area contributed by atoms with Crippen molar-refractivity contribution in [2.75, 3.05) is 13.2 Å². The first-order chi connectivity index (χ1) is 28.3. The van der Waals surface area contributed by atoms with Gasteiger partial charge in [0.25, 0.3) is 0 Å². The van der Waals surface area contributed by atoms with Gasteiger partial charge in [0.15, 0.2) is 6.29 Å². The summed E-state index contributed by atoms with van der Waals surface area (Å²) >= 11 is 0. The van der Waals surface area contributed by atoms with Crippen molar-refractivity contribution in [3.05, 3.63) is 0 Å². The van der Waals surface area contributed by atoms with Crippen molar-refractivity contribution in [3.8, 4) is 0 Å². The molecule has 0 aromatic carbocycles. The minimum Gasteiger partial charge on any atom is -0.394 e. The second-order valence-electron chi connectivity index (χ2n) is 18.0. The van der Waals surface area contributed by atoms with Crippen molar-refractivity contribution in [1.82, 2.24) is 5.32 Å². The fourth-order valence-corrected chi connectivity index (χ4v) is 8.40. The zero-order valence-corrected chi connectivity index (χ0v) is 38.1. The number of hydrogen-bond acceptors (Lipinski definition) is 8. The van der Waals surface area contributed by atoms with Gasteiger partial charge >= 0.3 is 0 Å². The average molecular weight is 828 g/mol. The predicted octanol–water partition coefficient (Wildman–Crippen LogP) is 11.1. The summed E-state index contributed by atoms with van der Waals surface area (Å²) in [6.07, 6.45) is 38.2. The molecule has 1 saturated heterocycles. The number of unbranched alkanes of at least 4 members (excludes halogenated alkanes) is 33. The van der Waals surface area contributed by atoms with E-state index in [-0.39, 0.29) is 12.5 Å². The van der Waals surface area contributed by atoms with Crippen LogP contribution in [0.25, 0.3) is 0 Å². The van der Waals surface area contributed by atoms with Gasteiger partial charge in [-0.2, -0.15) is 0 Å².